The first-order valence-corrected chi connectivity index (χ1v) is 12.2. The van der Waals surface area contributed by atoms with Crippen LogP contribution in [0.1, 0.15) is 45.6 Å². The van der Waals surface area contributed by atoms with Gasteiger partial charge in [0.2, 0.25) is 17.7 Å². The first kappa shape index (κ1) is 28.8. The predicted octanol–water partition coefficient (Wildman–Crippen LogP) is 0.382. The number of fused-ring (bicyclic) bond motifs is 1. The lowest BCUT2D eigenvalue weighted by atomic mass is 10.0. The third kappa shape index (κ3) is 8.06. The molecule has 0 saturated heterocycles. The van der Waals surface area contributed by atoms with Crippen LogP contribution < -0.4 is 27.4 Å². The topological polar surface area (TPSA) is 192 Å². The zero-order valence-corrected chi connectivity index (χ0v) is 21.0. The van der Waals surface area contributed by atoms with Gasteiger partial charge in [-0.25, -0.2) is 4.79 Å². The van der Waals surface area contributed by atoms with Gasteiger partial charge in [0.15, 0.2) is 0 Å². The molecular formula is C25H38N6O5. The summed E-state index contributed by atoms with van der Waals surface area (Å²) < 4.78 is 0. The number of nitrogens with two attached hydrogens (primary N) is 2. The minimum atomic E-state index is -1.16. The molecule has 0 bridgehead atoms. The number of unbranched alkanes of at least 4 members (excludes halogenated alkanes) is 1. The lowest BCUT2D eigenvalue weighted by Crippen LogP contribution is -2.57. The van der Waals surface area contributed by atoms with Crippen molar-refractivity contribution in [2.75, 3.05) is 6.54 Å². The molecule has 1 aromatic heterocycles. The van der Waals surface area contributed by atoms with Gasteiger partial charge >= 0.3 is 5.97 Å². The Balaban J connectivity index is 2.14. The largest absolute Gasteiger partial charge is 0.480 e. The summed E-state index contributed by atoms with van der Waals surface area (Å²) >= 11 is 0. The van der Waals surface area contributed by atoms with Gasteiger partial charge in [0.05, 0.1) is 6.04 Å². The zero-order chi connectivity index (χ0) is 26.8. The molecule has 198 valence electrons. The summed E-state index contributed by atoms with van der Waals surface area (Å²) in [6, 6.07) is 3.64. The van der Waals surface area contributed by atoms with Gasteiger partial charge < -0.3 is 37.5 Å². The Morgan fingerprint density at radius 3 is 2.25 bits per heavy atom. The number of aliphatic carboxylic acids is 1. The van der Waals surface area contributed by atoms with Crippen molar-refractivity contribution in [2.45, 2.75) is 70.6 Å². The summed E-state index contributed by atoms with van der Waals surface area (Å²) in [6.45, 7) is 5.49. The van der Waals surface area contributed by atoms with Gasteiger partial charge in [0.1, 0.15) is 18.1 Å². The van der Waals surface area contributed by atoms with Crippen LogP contribution in [0.25, 0.3) is 10.9 Å². The van der Waals surface area contributed by atoms with Gasteiger partial charge in [-0.1, -0.05) is 32.0 Å². The predicted molar refractivity (Wildman–Crippen MR) is 137 cm³/mol. The highest BCUT2D eigenvalue weighted by atomic mass is 16.4. The first-order valence-electron chi connectivity index (χ1n) is 12.2. The minimum absolute atomic E-state index is 0.140. The van der Waals surface area contributed by atoms with E-state index in [2.05, 4.69) is 20.9 Å². The van der Waals surface area contributed by atoms with Crippen molar-refractivity contribution in [3.05, 3.63) is 36.0 Å². The Bertz CT molecular complexity index is 1050. The van der Waals surface area contributed by atoms with E-state index in [1.807, 2.05) is 24.3 Å². The summed E-state index contributed by atoms with van der Waals surface area (Å²) in [6.07, 6.45) is 3.35. The molecule has 0 radical (unpaired) electrons. The molecule has 3 amide bonds. The average Bonchev–Trinajstić information content (AvgIpc) is 3.24. The molecule has 36 heavy (non-hydrogen) atoms. The van der Waals surface area contributed by atoms with E-state index in [4.69, 9.17) is 11.5 Å². The van der Waals surface area contributed by atoms with Crippen molar-refractivity contribution in [3.63, 3.8) is 0 Å². The quantitative estimate of drug-likeness (QED) is 0.181. The van der Waals surface area contributed by atoms with Crippen molar-refractivity contribution >= 4 is 34.6 Å². The number of para-hydroxylation sites is 1. The molecule has 11 heteroatoms. The Morgan fingerprint density at radius 2 is 1.61 bits per heavy atom. The van der Waals surface area contributed by atoms with E-state index in [1.54, 1.807) is 20.0 Å². The monoisotopic (exact) mass is 502 g/mol. The fraction of sp³-hybridized carbons (Fsp3) is 0.520. The van der Waals surface area contributed by atoms with Crippen molar-refractivity contribution < 1.29 is 24.3 Å². The molecule has 0 spiro atoms. The van der Waals surface area contributed by atoms with Crippen LogP contribution >= 0.6 is 0 Å². The van der Waals surface area contributed by atoms with E-state index >= 15 is 0 Å². The average molecular weight is 503 g/mol. The molecule has 2 rings (SSSR count). The SMILES string of the molecule is CC(NC(=O)C(Cc1c[nH]c2ccccc12)NC(=O)C(N)C(C)C)C(=O)NC(CCCCN)C(=O)O. The van der Waals surface area contributed by atoms with Crippen molar-refractivity contribution in [3.8, 4) is 0 Å². The highest BCUT2D eigenvalue weighted by Gasteiger charge is 2.29. The van der Waals surface area contributed by atoms with Crippen molar-refractivity contribution in [1.82, 2.24) is 20.9 Å². The Hall–Kier alpha value is -3.44. The Kier molecular flexibility index (Phi) is 10.9. The molecule has 1 aromatic carbocycles. The summed E-state index contributed by atoms with van der Waals surface area (Å²) in [5.74, 6) is -3.00. The van der Waals surface area contributed by atoms with Gasteiger partial charge in [-0.2, -0.15) is 0 Å². The second-order valence-corrected chi connectivity index (χ2v) is 9.31. The fourth-order valence-corrected chi connectivity index (χ4v) is 3.73. The molecular weight excluding hydrogens is 464 g/mol. The zero-order valence-electron chi connectivity index (χ0n) is 21.0. The van der Waals surface area contributed by atoms with E-state index < -0.39 is 47.9 Å². The number of nitrogens with one attached hydrogen (secondary N) is 4. The van der Waals surface area contributed by atoms with Crippen LogP contribution in [0.3, 0.4) is 0 Å². The second-order valence-electron chi connectivity index (χ2n) is 9.31. The van der Waals surface area contributed by atoms with Crippen LogP contribution in [-0.4, -0.2) is 64.5 Å². The Labute approximate surface area is 210 Å². The number of amides is 3. The highest BCUT2D eigenvalue weighted by Crippen LogP contribution is 2.19. The first-order chi connectivity index (χ1) is 17.0. The lowest BCUT2D eigenvalue weighted by molar-refractivity contribution is -0.142. The molecule has 1 heterocycles. The van der Waals surface area contributed by atoms with Crippen molar-refractivity contribution in [2.24, 2.45) is 17.4 Å². The van der Waals surface area contributed by atoms with E-state index in [9.17, 15) is 24.3 Å². The summed E-state index contributed by atoms with van der Waals surface area (Å²) in [5.41, 5.74) is 13.1. The number of hydrogen-bond donors (Lipinski definition) is 7. The molecule has 0 aliphatic rings. The van der Waals surface area contributed by atoms with E-state index in [1.165, 1.54) is 6.92 Å². The molecule has 9 N–H and O–H groups in total. The number of H-pyrrole nitrogens is 1. The summed E-state index contributed by atoms with van der Waals surface area (Å²) in [5, 5.41) is 18.1. The van der Waals surface area contributed by atoms with Gasteiger partial charge in [-0.05, 0) is 50.3 Å². The molecule has 0 saturated carbocycles. The number of benzene rings is 1. The molecule has 4 unspecified atom stereocenters. The highest BCUT2D eigenvalue weighted by molar-refractivity contribution is 5.94. The number of aromatic nitrogens is 1. The maximum absolute atomic E-state index is 13.2. The molecule has 4 atom stereocenters. The number of aromatic amines is 1. The Morgan fingerprint density at radius 1 is 0.944 bits per heavy atom. The van der Waals surface area contributed by atoms with Gasteiger partial charge in [-0.15, -0.1) is 0 Å². The molecule has 0 aliphatic heterocycles. The number of hydrogen-bond acceptors (Lipinski definition) is 6. The van der Waals surface area contributed by atoms with Crippen LogP contribution in [0, 0.1) is 5.92 Å². The standard InChI is InChI=1S/C25H38N6O5/c1-14(2)21(27)24(34)31-20(12-16-13-28-18-9-5-4-8-17(16)18)23(33)29-15(3)22(32)30-19(25(35)36)10-6-7-11-26/h4-5,8-9,13-15,19-21,28H,6-7,10-12,26-27H2,1-3H3,(H,29,33)(H,30,32)(H,31,34)(H,35,36). The maximum Gasteiger partial charge on any atom is 0.326 e. The molecule has 11 nitrogen and oxygen atoms in total. The third-order valence-corrected chi connectivity index (χ3v) is 6.07. The molecule has 2 aromatic rings. The maximum atomic E-state index is 13.2. The van der Waals surface area contributed by atoms with Gasteiger partial charge in [0, 0.05) is 23.5 Å². The third-order valence-electron chi connectivity index (χ3n) is 6.07. The number of carboxylic acids is 1. The fourth-order valence-electron chi connectivity index (χ4n) is 3.73. The van der Waals surface area contributed by atoms with Crippen LogP contribution in [0.15, 0.2) is 30.5 Å². The van der Waals surface area contributed by atoms with Crippen LogP contribution in [0.4, 0.5) is 0 Å². The summed E-state index contributed by atoms with van der Waals surface area (Å²) in [4.78, 5) is 53.2. The van der Waals surface area contributed by atoms with Crippen LogP contribution in [-0.2, 0) is 25.6 Å². The van der Waals surface area contributed by atoms with E-state index in [0.29, 0.717) is 19.4 Å². The summed E-state index contributed by atoms with van der Waals surface area (Å²) in [7, 11) is 0. The van der Waals surface area contributed by atoms with E-state index in [0.717, 1.165) is 16.5 Å². The van der Waals surface area contributed by atoms with Crippen LogP contribution in [0.5, 0.6) is 0 Å². The number of carbonyl (C=O) groups is 4. The smallest absolute Gasteiger partial charge is 0.326 e. The second kappa shape index (κ2) is 13.6. The van der Waals surface area contributed by atoms with Crippen LogP contribution in [0.2, 0.25) is 0 Å². The number of carbonyl (C=O) groups excluding carboxylic acids is 3. The van der Waals surface area contributed by atoms with Gasteiger partial charge in [0.25, 0.3) is 0 Å². The van der Waals surface area contributed by atoms with Gasteiger partial charge in [-0.3, -0.25) is 14.4 Å². The normalized spacial score (nSPS) is 14.6. The van der Waals surface area contributed by atoms with E-state index in [-0.39, 0.29) is 18.8 Å². The number of rotatable bonds is 14. The lowest BCUT2D eigenvalue weighted by Gasteiger charge is -2.24. The number of carboxylic acid groups (broad SMARTS) is 1. The van der Waals surface area contributed by atoms with Crippen molar-refractivity contribution in [1.29, 1.82) is 0 Å². The molecule has 0 aliphatic carbocycles. The molecule has 0 fully saturated rings. The minimum Gasteiger partial charge on any atom is -0.480 e.